The number of carbonyl (C=O) groups excluding carboxylic acids is 3. The number of carbonyl (C=O) groups is 3. The van der Waals surface area contributed by atoms with Crippen molar-refractivity contribution in [3.8, 4) is 17.2 Å². The summed E-state index contributed by atoms with van der Waals surface area (Å²) in [7, 11) is 1.51. The van der Waals surface area contributed by atoms with E-state index < -0.39 is 17.8 Å². The van der Waals surface area contributed by atoms with Crippen LogP contribution in [0.25, 0.3) is 6.08 Å². The van der Waals surface area contributed by atoms with Crippen molar-refractivity contribution < 1.29 is 28.6 Å². The molecule has 0 aliphatic carbocycles. The van der Waals surface area contributed by atoms with E-state index in [9.17, 15) is 14.4 Å². The predicted molar refractivity (Wildman–Crippen MR) is 143 cm³/mol. The molecule has 1 heterocycles. The highest BCUT2D eigenvalue weighted by molar-refractivity contribution is 9.10. The third-order valence-electron chi connectivity index (χ3n) is 5.54. The maximum absolute atomic E-state index is 13.2. The van der Waals surface area contributed by atoms with Gasteiger partial charge in [-0.2, -0.15) is 0 Å². The molecule has 0 radical (unpaired) electrons. The van der Waals surface area contributed by atoms with Crippen molar-refractivity contribution in [2.24, 2.45) is 0 Å². The van der Waals surface area contributed by atoms with Gasteiger partial charge < -0.3 is 14.2 Å². The molecule has 9 heteroatoms. The van der Waals surface area contributed by atoms with Crippen LogP contribution in [0.2, 0.25) is 0 Å². The fraction of sp³-hybridized carbons (Fsp3) is 0.179. The molecule has 0 atom stereocenters. The molecule has 1 aliphatic rings. The number of barbiturate groups is 1. The minimum Gasteiger partial charge on any atom is -0.497 e. The Morgan fingerprint density at radius 2 is 1.76 bits per heavy atom. The van der Waals surface area contributed by atoms with E-state index in [1.807, 2.05) is 38.1 Å². The molecule has 8 nitrogen and oxygen atoms in total. The molecule has 3 aromatic carbocycles. The number of ether oxygens (including phenoxy) is 3. The van der Waals surface area contributed by atoms with Gasteiger partial charge in [0.25, 0.3) is 11.8 Å². The third kappa shape index (κ3) is 5.83. The van der Waals surface area contributed by atoms with Crippen molar-refractivity contribution in [3.05, 3.63) is 87.4 Å². The molecular weight excluding hydrogens is 540 g/mol. The Labute approximate surface area is 223 Å². The van der Waals surface area contributed by atoms with Gasteiger partial charge in [-0.15, -0.1) is 0 Å². The van der Waals surface area contributed by atoms with Crippen molar-refractivity contribution in [1.82, 2.24) is 5.32 Å². The van der Waals surface area contributed by atoms with E-state index in [-0.39, 0.29) is 5.57 Å². The minimum absolute atomic E-state index is 0.196. The van der Waals surface area contributed by atoms with E-state index >= 15 is 0 Å². The van der Waals surface area contributed by atoms with E-state index in [1.54, 1.807) is 36.4 Å². The average molecular weight is 565 g/mol. The zero-order chi connectivity index (χ0) is 26.5. The quantitative estimate of drug-likeness (QED) is 0.290. The number of amides is 4. The number of benzene rings is 3. The van der Waals surface area contributed by atoms with Gasteiger partial charge in [0.05, 0.1) is 23.9 Å². The van der Waals surface area contributed by atoms with Gasteiger partial charge in [-0.25, -0.2) is 9.69 Å². The number of aryl methyl sites for hydroxylation is 1. The summed E-state index contributed by atoms with van der Waals surface area (Å²) in [4.78, 5) is 39.2. The molecule has 0 saturated carbocycles. The summed E-state index contributed by atoms with van der Waals surface area (Å²) in [6, 6.07) is 16.9. The number of methoxy groups -OCH3 is 1. The first-order valence-electron chi connectivity index (χ1n) is 11.5. The zero-order valence-electron chi connectivity index (χ0n) is 20.5. The van der Waals surface area contributed by atoms with E-state index in [4.69, 9.17) is 14.2 Å². The number of hydrogen-bond acceptors (Lipinski definition) is 6. The summed E-state index contributed by atoms with van der Waals surface area (Å²) in [6.07, 6.45) is 1.41. The number of hydrogen-bond donors (Lipinski definition) is 1. The number of imide groups is 2. The first kappa shape index (κ1) is 26.0. The van der Waals surface area contributed by atoms with Crippen LogP contribution in [0.15, 0.2) is 70.7 Å². The number of halogens is 1. The number of rotatable bonds is 8. The standard InChI is InChI=1S/C28H25BrN2O6/c1-4-36-24-15-19(14-23(29)25(24)37-16-18-7-5-6-17(2)12-18)13-22-26(32)30-28(34)31(27(22)33)20-8-10-21(35-3)11-9-20/h5-15H,4,16H2,1-3H3,(H,30,32,34)/b22-13+. The van der Waals surface area contributed by atoms with Gasteiger partial charge in [-0.3, -0.25) is 14.9 Å². The second-order valence-corrected chi connectivity index (χ2v) is 9.05. The fourth-order valence-electron chi connectivity index (χ4n) is 3.82. The number of anilines is 1. The van der Waals surface area contributed by atoms with Crippen LogP contribution in [0.1, 0.15) is 23.6 Å². The van der Waals surface area contributed by atoms with Crippen molar-refractivity contribution >= 4 is 45.5 Å². The van der Waals surface area contributed by atoms with Crippen LogP contribution < -0.4 is 24.4 Å². The second-order valence-electron chi connectivity index (χ2n) is 8.20. The molecular formula is C28H25BrN2O6. The Hall–Kier alpha value is -4.11. The monoisotopic (exact) mass is 564 g/mol. The zero-order valence-corrected chi connectivity index (χ0v) is 22.1. The van der Waals surface area contributed by atoms with Gasteiger partial charge in [0.2, 0.25) is 0 Å². The Balaban J connectivity index is 1.65. The van der Waals surface area contributed by atoms with Crippen molar-refractivity contribution in [1.29, 1.82) is 0 Å². The summed E-state index contributed by atoms with van der Waals surface area (Å²) in [6.45, 7) is 4.58. The summed E-state index contributed by atoms with van der Waals surface area (Å²) in [5.74, 6) is -0.0111. The van der Waals surface area contributed by atoms with E-state index in [0.717, 1.165) is 16.0 Å². The van der Waals surface area contributed by atoms with Gasteiger partial charge in [-0.1, -0.05) is 29.8 Å². The largest absolute Gasteiger partial charge is 0.497 e. The van der Waals surface area contributed by atoms with Crippen LogP contribution in [0.5, 0.6) is 17.2 Å². The van der Waals surface area contributed by atoms with Crippen LogP contribution in [-0.4, -0.2) is 31.6 Å². The number of urea groups is 1. The molecule has 1 fully saturated rings. The molecule has 4 amide bonds. The number of nitrogens with zero attached hydrogens (tertiary/aromatic N) is 1. The van der Waals surface area contributed by atoms with Gasteiger partial charge in [-0.05, 0) is 83.4 Å². The van der Waals surface area contributed by atoms with Gasteiger partial charge in [0.15, 0.2) is 11.5 Å². The van der Waals surface area contributed by atoms with Crippen LogP contribution in [0, 0.1) is 6.92 Å². The van der Waals surface area contributed by atoms with Crippen LogP contribution in [0.4, 0.5) is 10.5 Å². The lowest BCUT2D eigenvalue weighted by Gasteiger charge is -2.26. The van der Waals surface area contributed by atoms with E-state index in [0.29, 0.717) is 46.2 Å². The predicted octanol–water partition coefficient (Wildman–Crippen LogP) is 5.41. The lowest BCUT2D eigenvalue weighted by Crippen LogP contribution is -2.54. The van der Waals surface area contributed by atoms with E-state index in [1.165, 1.54) is 13.2 Å². The summed E-state index contributed by atoms with van der Waals surface area (Å²) >= 11 is 3.53. The lowest BCUT2D eigenvalue weighted by atomic mass is 10.1. The van der Waals surface area contributed by atoms with Crippen molar-refractivity contribution in [2.75, 3.05) is 18.6 Å². The van der Waals surface area contributed by atoms with Gasteiger partial charge >= 0.3 is 6.03 Å². The Morgan fingerprint density at radius 3 is 2.43 bits per heavy atom. The summed E-state index contributed by atoms with van der Waals surface area (Å²) in [5, 5.41) is 2.23. The highest BCUT2D eigenvalue weighted by Gasteiger charge is 2.37. The fourth-order valence-corrected chi connectivity index (χ4v) is 4.40. The molecule has 37 heavy (non-hydrogen) atoms. The molecule has 0 unspecified atom stereocenters. The normalized spacial score (nSPS) is 14.5. The molecule has 190 valence electrons. The Morgan fingerprint density at radius 1 is 1.00 bits per heavy atom. The highest BCUT2D eigenvalue weighted by Crippen LogP contribution is 2.38. The molecule has 0 bridgehead atoms. The van der Waals surface area contributed by atoms with Crippen LogP contribution >= 0.6 is 15.9 Å². The second kappa shape index (κ2) is 11.3. The molecule has 4 rings (SSSR count). The lowest BCUT2D eigenvalue weighted by molar-refractivity contribution is -0.122. The van der Waals surface area contributed by atoms with Crippen LogP contribution in [0.3, 0.4) is 0 Å². The van der Waals surface area contributed by atoms with Gasteiger partial charge in [0, 0.05) is 0 Å². The first-order valence-corrected chi connectivity index (χ1v) is 12.3. The molecule has 1 aliphatic heterocycles. The summed E-state index contributed by atoms with van der Waals surface area (Å²) < 4.78 is 17.6. The molecule has 1 N–H and O–H groups in total. The maximum Gasteiger partial charge on any atom is 0.335 e. The first-order chi connectivity index (χ1) is 17.8. The average Bonchev–Trinajstić information content (AvgIpc) is 2.86. The minimum atomic E-state index is -0.826. The van der Waals surface area contributed by atoms with Crippen molar-refractivity contribution in [2.45, 2.75) is 20.5 Å². The summed E-state index contributed by atoms with van der Waals surface area (Å²) in [5.41, 5.74) is 2.76. The number of nitrogens with one attached hydrogen (secondary N) is 1. The topological polar surface area (TPSA) is 94.2 Å². The SMILES string of the molecule is CCOc1cc(/C=C2\C(=O)NC(=O)N(c3ccc(OC)cc3)C2=O)cc(Br)c1OCc1cccc(C)c1. The molecule has 0 aromatic heterocycles. The van der Waals surface area contributed by atoms with Gasteiger partial charge in [0.1, 0.15) is 17.9 Å². The van der Waals surface area contributed by atoms with E-state index in [2.05, 4.69) is 21.2 Å². The Kier molecular flexibility index (Phi) is 7.93. The molecule has 0 spiro atoms. The van der Waals surface area contributed by atoms with Crippen molar-refractivity contribution in [3.63, 3.8) is 0 Å². The maximum atomic E-state index is 13.2. The smallest absolute Gasteiger partial charge is 0.335 e. The Bertz CT molecular complexity index is 1380. The third-order valence-corrected chi connectivity index (χ3v) is 6.13. The molecule has 3 aromatic rings. The highest BCUT2D eigenvalue weighted by atomic mass is 79.9. The molecule has 1 saturated heterocycles. The van der Waals surface area contributed by atoms with Crippen LogP contribution in [-0.2, 0) is 16.2 Å².